The van der Waals surface area contributed by atoms with E-state index in [4.69, 9.17) is 23.2 Å². The third-order valence-electron chi connectivity index (χ3n) is 3.14. The van der Waals surface area contributed by atoms with Crippen LogP contribution >= 0.6 is 23.2 Å². The molecule has 1 aromatic carbocycles. The summed E-state index contributed by atoms with van der Waals surface area (Å²) in [7, 11) is 0. The van der Waals surface area contributed by atoms with Gasteiger partial charge in [0, 0.05) is 23.3 Å². The van der Waals surface area contributed by atoms with Crippen molar-refractivity contribution in [3.8, 4) is 0 Å². The van der Waals surface area contributed by atoms with Crippen LogP contribution in [0.5, 0.6) is 0 Å². The lowest BCUT2D eigenvalue weighted by Gasteiger charge is -2.20. The van der Waals surface area contributed by atoms with Gasteiger partial charge in [0.25, 0.3) is 0 Å². The second-order valence-corrected chi connectivity index (χ2v) is 5.61. The van der Waals surface area contributed by atoms with Crippen LogP contribution in [0, 0.1) is 0 Å². The van der Waals surface area contributed by atoms with Gasteiger partial charge in [-0.05, 0) is 36.2 Å². The largest absolute Gasteiger partial charge is 0.365 e. The Morgan fingerprint density at radius 3 is 2.57 bits per heavy atom. The topological polar surface area (TPSA) is 54.9 Å². The van der Waals surface area contributed by atoms with E-state index in [0.29, 0.717) is 17.1 Å². The number of amides is 1. The molecule has 0 aliphatic carbocycles. The number of hydrogen-bond acceptors (Lipinski definition) is 3. The summed E-state index contributed by atoms with van der Waals surface area (Å²) in [6.07, 6.45) is 2.14. The van der Waals surface area contributed by atoms with Gasteiger partial charge < -0.3 is 5.32 Å². The smallest absolute Gasteiger partial charge is 0.356 e. The van der Waals surface area contributed by atoms with Gasteiger partial charge in [-0.1, -0.05) is 23.7 Å². The van der Waals surface area contributed by atoms with Gasteiger partial charge in [0.1, 0.15) is 12.0 Å². The molecule has 1 aromatic heterocycles. The molecule has 1 heterocycles. The van der Waals surface area contributed by atoms with Gasteiger partial charge in [-0.2, -0.15) is 8.78 Å². The SMILES string of the molecule is CCNC(=O)C(c1ccc(Cl)cc1)c1cncnc1C(F)(F)Cl. The number of benzene rings is 1. The summed E-state index contributed by atoms with van der Waals surface area (Å²) in [5, 5.41) is -0.624. The molecule has 23 heavy (non-hydrogen) atoms. The van der Waals surface area contributed by atoms with Crippen molar-refractivity contribution in [2.75, 3.05) is 6.54 Å². The van der Waals surface area contributed by atoms with Crippen molar-refractivity contribution in [3.05, 3.63) is 58.6 Å². The van der Waals surface area contributed by atoms with Crippen molar-refractivity contribution in [2.45, 2.75) is 18.2 Å². The standard InChI is InChI=1S/C15H13Cl2F2N3O/c1-2-21-14(23)12(9-3-5-10(16)6-4-9)11-7-20-8-22-13(11)15(17,18)19/h3-8,12H,2H2,1H3,(H,21,23). The molecular formula is C15H13Cl2F2N3O. The maximum absolute atomic E-state index is 13.6. The number of hydrogen-bond donors (Lipinski definition) is 1. The molecule has 0 saturated heterocycles. The average Bonchev–Trinajstić information content (AvgIpc) is 2.49. The summed E-state index contributed by atoms with van der Waals surface area (Å²) in [5.41, 5.74) is -0.265. The van der Waals surface area contributed by atoms with Crippen molar-refractivity contribution >= 4 is 29.1 Å². The Balaban J connectivity index is 2.59. The summed E-state index contributed by atoms with van der Waals surface area (Å²) in [4.78, 5) is 19.7. The average molecular weight is 360 g/mol. The van der Waals surface area contributed by atoms with Gasteiger partial charge >= 0.3 is 5.38 Å². The lowest BCUT2D eigenvalue weighted by molar-refractivity contribution is -0.121. The molecule has 0 fully saturated rings. The minimum Gasteiger partial charge on any atom is -0.356 e. The van der Waals surface area contributed by atoms with Crippen LogP contribution < -0.4 is 5.32 Å². The van der Waals surface area contributed by atoms with Crippen LogP contribution in [0.4, 0.5) is 8.78 Å². The van der Waals surface area contributed by atoms with E-state index < -0.39 is 22.9 Å². The third-order valence-corrected chi connectivity index (χ3v) is 3.57. The van der Waals surface area contributed by atoms with Crippen LogP contribution in [0.2, 0.25) is 5.02 Å². The monoisotopic (exact) mass is 359 g/mol. The number of aromatic nitrogens is 2. The van der Waals surface area contributed by atoms with E-state index in [1.54, 1.807) is 31.2 Å². The second kappa shape index (κ2) is 7.19. The number of nitrogens with zero attached hydrogens (tertiary/aromatic N) is 2. The first-order chi connectivity index (χ1) is 10.8. The zero-order valence-electron chi connectivity index (χ0n) is 12.1. The highest BCUT2D eigenvalue weighted by Gasteiger charge is 2.37. The molecule has 0 radical (unpaired) electrons. The predicted octanol–water partition coefficient (Wildman–Crippen LogP) is 3.69. The van der Waals surface area contributed by atoms with Gasteiger partial charge in [-0.25, -0.2) is 9.97 Å². The first-order valence-corrected chi connectivity index (χ1v) is 7.50. The predicted molar refractivity (Wildman–Crippen MR) is 83.8 cm³/mol. The maximum atomic E-state index is 13.6. The Morgan fingerprint density at radius 2 is 2.00 bits per heavy atom. The molecule has 1 N–H and O–H groups in total. The molecule has 0 saturated carbocycles. The highest BCUT2D eigenvalue weighted by Crippen LogP contribution is 2.37. The summed E-state index contributed by atoms with van der Waals surface area (Å²) >= 11 is 11.0. The van der Waals surface area contributed by atoms with E-state index >= 15 is 0 Å². The molecule has 0 bridgehead atoms. The molecule has 1 unspecified atom stereocenters. The van der Waals surface area contributed by atoms with Crippen molar-refractivity contribution in [1.29, 1.82) is 0 Å². The molecule has 1 atom stereocenters. The van der Waals surface area contributed by atoms with E-state index in [1.807, 2.05) is 0 Å². The van der Waals surface area contributed by atoms with E-state index in [2.05, 4.69) is 15.3 Å². The summed E-state index contributed by atoms with van der Waals surface area (Å²) in [5.74, 6) is -1.47. The van der Waals surface area contributed by atoms with Crippen LogP contribution in [0.15, 0.2) is 36.8 Å². The van der Waals surface area contributed by atoms with Crippen molar-refractivity contribution in [3.63, 3.8) is 0 Å². The molecule has 0 aliphatic rings. The Bertz CT molecular complexity index is 690. The Kier molecular flexibility index (Phi) is 5.49. The summed E-state index contributed by atoms with van der Waals surface area (Å²) in [6, 6.07) is 6.33. The fraction of sp³-hybridized carbons (Fsp3) is 0.267. The number of likely N-dealkylation sites (N-methyl/N-ethyl adjacent to an activating group) is 1. The molecule has 2 aromatic rings. The molecule has 122 valence electrons. The number of nitrogens with one attached hydrogen (secondary N) is 1. The van der Waals surface area contributed by atoms with Gasteiger partial charge in [-0.3, -0.25) is 4.79 Å². The first-order valence-electron chi connectivity index (χ1n) is 6.74. The van der Waals surface area contributed by atoms with E-state index in [-0.39, 0.29) is 5.56 Å². The van der Waals surface area contributed by atoms with Crippen LogP contribution in [-0.2, 0) is 10.2 Å². The number of carbonyl (C=O) groups excluding carboxylic acids is 1. The number of carbonyl (C=O) groups is 1. The maximum Gasteiger partial charge on any atom is 0.365 e. The minimum absolute atomic E-state index is 0.0548. The molecule has 8 heteroatoms. The second-order valence-electron chi connectivity index (χ2n) is 4.70. The Hall–Kier alpha value is -1.79. The van der Waals surface area contributed by atoms with Gasteiger partial charge in [0.05, 0.1) is 5.92 Å². The van der Waals surface area contributed by atoms with Crippen molar-refractivity contribution in [2.24, 2.45) is 0 Å². The lowest BCUT2D eigenvalue weighted by atomic mass is 9.90. The Morgan fingerprint density at radius 1 is 1.35 bits per heavy atom. The van der Waals surface area contributed by atoms with E-state index in [0.717, 1.165) is 6.33 Å². The van der Waals surface area contributed by atoms with Crippen LogP contribution in [0.25, 0.3) is 0 Å². The number of alkyl halides is 3. The first kappa shape index (κ1) is 17.6. The molecule has 0 spiro atoms. The number of halogens is 4. The molecular weight excluding hydrogens is 347 g/mol. The highest BCUT2D eigenvalue weighted by molar-refractivity contribution is 6.30. The van der Waals surface area contributed by atoms with Crippen molar-refractivity contribution < 1.29 is 13.6 Å². The zero-order chi connectivity index (χ0) is 17.0. The lowest BCUT2D eigenvalue weighted by Crippen LogP contribution is -2.31. The van der Waals surface area contributed by atoms with Gasteiger partial charge in [-0.15, -0.1) is 0 Å². The molecule has 2 rings (SSSR count). The summed E-state index contributed by atoms with van der Waals surface area (Å²) < 4.78 is 27.3. The van der Waals surface area contributed by atoms with Gasteiger partial charge in [0.2, 0.25) is 5.91 Å². The van der Waals surface area contributed by atoms with Crippen LogP contribution in [0.1, 0.15) is 29.7 Å². The fourth-order valence-corrected chi connectivity index (χ4v) is 2.48. The highest BCUT2D eigenvalue weighted by atomic mass is 35.5. The third kappa shape index (κ3) is 4.14. The minimum atomic E-state index is -3.71. The van der Waals surface area contributed by atoms with E-state index in [9.17, 15) is 13.6 Å². The summed E-state index contributed by atoms with van der Waals surface area (Å²) in [6.45, 7) is 2.08. The molecule has 1 amide bonds. The van der Waals surface area contributed by atoms with Crippen LogP contribution in [-0.4, -0.2) is 22.4 Å². The zero-order valence-corrected chi connectivity index (χ0v) is 13.6. The van der Waals surface area contributed by atoms with Crippen LogP contribution in [0.3, 0.4) is 0 Å². The van der Waals surface area contributed by atoms with Crippen molar-refractivity contribution in [1.82, 2.24) is 15.3 Å². The normalized spacial score (nSPS) is 12.7. The quantitative estimate of drug-likeness (QED) is 0.828. The molecule has 4 nitrogen and oxygen atoms in total. The Labute approximate surface area is 141 Å². The fourth-order valence-electron chi connectivity index (χ4n) is 2.19. The molecule has 0 aliphatic heterocycles. The van der Waals surface area contributed by atoms with Gasteiger partial charge in [0.15, 0.2) is 0 Å². The van der Waals surface area contributed by atoms with E-state index in [1.165, 1.54) is 6.20 Å². The number of rotatable bonds is 5.